The van der Waals surface area contributed by atoms with E-state index in [2.05, 4.69) is 0 Å². The molecule has 0 unspecified atom stereocenters. The molecule has 0 saturated heterocycles. The number of hydrogen-bond donors (Lipinski definition) is 0. The maximum absolute atomic E-state index is 8.34. The van der Waals surface area contributed by atoms with Crippen LogP contribution in [0.1, 0.15) is 0 Å². The maximum atomic E-state index is 8.34. The summed E-state index contributed by atoms with van der Waals surface area (Å²) >= 11 is 0.300. The third-order valence-corrected chi connectivity index (χ3v) is 0. The monoisotopic (exact) mass is 401 g/mol. The van der Waals surface area contributed by atoms with E-state index in [0.29, 0.717) is 24.7 Å². The number of hydrogen-bond acceptors (Lipinski definition) is 1. The molecule has 0 amide bonds. The van der Waals surface area contributed by atoms with Crippen LogP contribution in [0, 0.1) is 0 Å². The van der Waals surface area contributed by atoms with Crippen molar-refractivity contribution in [2.45, 2.75) is 0 Å². The molecule has 0 atom stereocenters. The molecule has 0 aromatic carbocycles. The molecular weight excluding hydrogens is 401 g/mol. The van der Waals surface area contributed by atoms with Crippen molar-refractivity contribution in [2.75, 3.05) is 0 Å². The molecule has 0 rings (SSSR count). The van der Waals surface area contributed by atoms with Crippen molar-refractivity contribution in [3.63, 3.8) is 0 Å². The molecule has 0 bridgehead atoms. The van der Waals surface area contributed by atoms with Crippen LogP contribution in [0.5, 0.6) is 0 Å². The van der Waals surface area contributed by atoms with Crippen LogP contribution < -0.4 is 0 Å². The van der Waals surface area contributed by atoms with Crippen LogP contribution in [0.4, 0.5) is 0 Å². The van der Waals surface area contributed by atoms with Crippen molar-refractivity contribution in [2.24, 2.45) is 0 Å². The molecule has 0 aromatic heterocycles. The fraction of sp³-hybridized carbons (Fsp3) is 0. The molecule has 0 N–H and O–H groups in total. The van der Waals surface area contributed by atoms with Crippen molar-refractivity contribution in [1.29, 1.82) is 0 Å². The Morgan fingerprint density at radius 3 is 1.25 bits per heavy atom. The third kappa shape index (κ3) is 9.04. The minimum absolute atomic E-state index is 0. The van der Waals surface area contributed by atoms with Gasteiger partial charge in [-0.05, 0) is 0 Å². The van der Waals surface area contributed by atoms with Gasteiger partial charge in [0.1, 0.15) is 0 Å². The molecule has 4 heteroatoms. The standard InChI is InChI=1S/Ir.O.Ru.Zr. The fourth-order valence-corrected chi connectivity index (χ4v) is 0. The zero-order valence-electron chi connectivity index (χ0n) is 1.60. The van der Waals surface area contributed by atoms with Gasteiger partial charge in [0.2, 0.25) is 0 Å². The summed E-state index contributed by atoms with van der Waals surface area (Å²) in [7, 11) is 0. The Labute approximate surface area is 66.3 Å². The van der Waals surface area contributed by atoms with E-state index in [0.717, 1.165) is 0 Å². The summed E-state index contributed by atoms with van der Waals surface area (Å²) in [4.78, 5) is 0. The average molecular weight is 401 g/mol. The van der Waals surface area contributed by atoms with Gasteiger partial charge in [0.25, 0.3) is 0 Å². The van der Waals surface area contributed by atoms with Gasteiger partial charge in [-0.1, -0.05) is 0 Å². The summed E-state index contributed by atoms with van der Waals surface area (Å²) in [5, 5.41) is 0. The molecular formula is IrORuZr. The number of rotatable bonds is 0. The molecule has 0 aliphatic heterocycles. The minimum Gasteiger partial charge on any atom is 0 e. The first-order valence-electron chi connectivity index (χ1n) is 0.204. The first-order chi connectivity index (χ1) is 1.00. The second-order valence-corrected chi connectivity index (χ2v) is 0. The molecule has 0 spiro atoms. The van der Waals surface area contributed by atoms with E-state index in [-0.39, 0.29) is 39.6 Å². The van der Waals surface area contributed by atoms with Crippen LogP contribution in [-0.4, -0.2) is 0 Å². The summed E-state index contributed by atoms with van der Waals surface area (Å²) in [5.74, 6) is 0. The molecule has 1 radical (unpaired) electrons. The summed E-state index contributed by atoms with van der Waals surface area (Å²) < 4.78 is 8.34. The van der Waals surface area contributed by atoms with E-state index < -0.39 is 0 Å². The van der Waals surface area contributed by atoms with Crippen molar-refractivity contribution < 1.29 is 67.1 Å². The molecule has 1 nitrogen and oxygen atoms in total. The molecule has 0 fully saturated rings. The smallest absolute Gasteiger partial charge is 0 e. The molecule has 0 heterocycles. The molecule has 4 heavy (non-hydrogen) atoms. The fourth-order valence-electron chi connectivity index (χ4n) is 0. The van der Waals surface area contributed by atoms with Crippen LogP contribution in [0.2, 0.25) is 0 Å². The van der Waals surface area contributed by atoms with E-state index in [1.807, 2.05) is 0 Å². The molecule has 0 aliphatic rings. The van der Waals surface area contributed by atoms with Gasteiger partial charge < -0.3 is 0 Å². The van der Waals surface area contributed by atoms with E-state index in [1.54, 1.807) is 0 Å². The Hall–Kier alpha value is 1.96. The molecule has 0 saturated carbocycles. The largest absolute Gasteiger partial charge is 0 e. The van der Waals surface area contributed by atoms with Crippen molar-refractivity contribution in [3.05, 3.63) is 0 Å². The van der Waals surface area contributed by atoms with Crippen LogP contribution in [0.15, 0.2) is 0 Å². The van der Waals surface area contributed by atoms with Crippen molar-refractivity contribution in [1.82, 2.24) is 0 Å². The van der Waals surface area contributed by atoms with Gasteiger partial charge in [-0.3, -0.25) is 0 Å². The predicted octanol–water partition coefficient (Wildman–Crippen LogP) is -0.126. The topological polar surface area (TPSA) is 17.1 Å². The zero-order chi connectivity index (χ0) is 2.00. The van der Waals surface area contributed by atoms with E-state index in [9.17, 15) is 0 Å². The van der Waals surface area contributed by atoms with Gasteiger partial charge in [0.15, 0.2) is 0 Å². The molecule has 0 aliphatic carbocycles. The van der Waals surface area contributed by atoms with Crippen LogP contribution in [0.3, 0.4) is 0 Å². The van der Waals surface area contributed by atoms with Gasteiger partial charge in [0.05, 0.1) is 0 Å². The van der Waals surface area contributed by atoms with Gasteiger partial charge in [-0.25, -0.2) is 0 Å². The van der Waals surface area contributed by atoms with Gasteiger partial charge >= 0.3 is 27.5 Å². The first kappa shape index (κ1) is 16.7. The summed E-state index contributed by atoms with van der Waals surface area (Å²) in [5.41, 5.74) is 0. The summed E-state index contributed by atoms with van der Waals surface area (Å²) in [6, 6.07) is 0. The Bertz CT molecular complexity index is 8.00. The summed E-state index contributed by atoms with van der Waals surface area (Å²) in [6.07, 6.45) is 0. The predicted molar refractivity (Wildman–Crippen MR) is 0.686 cm³/mol. The Balaban J connectivity index is -0.00000000500. The zero-order valence-corrected chi connectivity index (χ0v) is 8.19. The molecule has 27 valence electrons. The molecule has 0 aromatic rings. The third-order valence-electron chi connectivity index (χ3n) is 0. The summed E-state index contributed by atoms with van der Waals surface area (Å²) in [6.45, 7) is 0. The van der Waals surface area contributed by atoms with Gasteiger partial charge in [-0.2, -0.15) is 0 Å². The maximum Gasteiger partial charge on any atom is 0 e. The first-order valence-corrected chi connectivity index (χ1v) is 1.21. The van der Waals surface area contributed by atoms with Gasteiger partial charge in [-0.15, -0.1) is 0 Å². The van der Waals surface area contributed by atoms with Gasteiger partial charge in [0, 0.05) is 39.6 Å². The quantitative estimate of drug-likeness (QED) is 0.518. The Morgan fingerprint density at radius 2 is 1.25 bits per heavy atom. The van der Waals surface area contributed by atoms with E-state index >= 15 is 0 Å². The van der Waals surface area contributed by atoms with E-state index in [4.69, 9.17) is 2.81 Å². The van der Waals surface area contributed by atoms with Crippen LogP contribution in [-0.2, 0) is 67.1 Å². The normalized spacial score (nSPS) is 0.750. The van der Waals surface area contributed by atoms with Crippen LogP contribution >= 0.6 is 0 Å². The second-order valence-electron chi connectivity index (χ2n) is 0. The minimum atomic E-state index is 0. The van der Waals surface area contributed by atoms with Crippen molar-refractivity contribution in [3.8, 4) is 0 Å². The Morgan fingerprint density at radius 1 is 1.25 bits per heavy atom. The van der Waals surface area contributed by atoms with Crippen LogP contribution in [0.25, 0.3) is 0 Å². The average Bonchev–Trinajstić information content (AvgIpc) is 1.00. The second kappa shape index (κ2) is 20.3. The van der Waals surface area contributed by atoms with Crippen molar-refractivity contribution >= 4 is 0 Å². The SMILES string of the molecule is [Ir].[O]=[Zr].[Ru]. The van der Waals surface area contributed by atoms with E-state index in [1.165, 1.54) is 0 Å². The Kier molecular flexibility index (Phi) is 84.9.